The van der Waals surface area contributed by atoms with E-state index in [1.165, 1.54) is 38.8 Å². The van der Waals surface area contributed by atoms with Crippen LogP contribution >= 0.6 is 15.9 Å². The first-order valence-corrected chi connectivity index (χ1v) is 11.9. The SMILES string of the molecule is C[C@H](CCCO)CNc1cc(N2CCC3(CCN(C)CC3)CC2)c(Br)cc1[N+](=O)[O-]. The second-order valence-corrected chi connectivity index (χ2v) is 10.1. The quantitative estimate of drug-likeness (QED) is 0.419. The second-order valence-electron chi connectivity index (χ2n) is 9.22. The summed E-state index contributed by atoms with van der Waals surface area (Å²) in [5.74, 6) is 0.336. The fourth-order valence-corrected chi connectivity index (χ4v) is 5.31. The van der Waals surface area contributed by atoms with Crippen molar-refractivity contribution in [2.24, 2.45) is 11.3 Å². The largest absolute Gasteiger partial charge is 0.396 e. The number of likely N-dealkylation sites (tertiary alicyclic amines) is 1. The number of halogens is 1. The molecular formula is C22H35BrN4O3. The van der Waals surface area contributed by atoms with Gasteiger partial charge in [0.25, 0.3) is 5.69 Å². The number of aliphatic hydroxyl groups excluding tert-OH is 1. The van der Waals surface area contributed by atoms with E-state index in [4.69, 9.17) is 5.11 Å². The van der Waals surface area contributed by atoms with Gasteiger partial charge in [0.15, 0.2) is 0 Å². The van der Waals surface area contributed by atoms with Gasteiger partial charge in [0.2, 0.25) is 0 Å². The first-order chi connectivity index (χ1) is 14.3. The van der Waals surface area contributed by atoms with E-state index >= 15 is 0 Å². The molecule has 2 saturated heterocycles. The zero-order chi connectivity index (χ0) is 21.7. The molecule has 168 valence electrons. The normalized spacial score (nSPS) is 20.3. The zero-order valence-corrected chi connectivity index (χ0v) is 19.8. The highest BCUT2D eigenvalue weighted by molar-refractivity contribution is 9.10. The molecule has 0 aromatic heterocycles. The predicted molar refractivity (Wildman–Crippen MR) is 125 cm³/mol. The molecule has 2 aliphatic rings. The van der Waals surface area contributed by atoms with E-state index in [2.05, 4.69) is 45.0 Å². The molecule has 1 atom stereocenters. The van der Waals surface area contributed by atoms with E-state index in [-0.39, 0.29) is 17.2 Å². The molecule has 1 aromatic carbocycles. The van der Waals surface area contributed by atoms with Crippen LogP contribution in [0.15, 0.2) is 16.6 Å². The van der Waals surface area contributed by atoms with Crippen molar-refractivity contribution >= 4 is 33.0 Å². The van der Waals surface area contributed by atoms with Crippen LogP contribution in [0, 0.1) is 21.4 Å². The second kappa shape index (κ2) is 10.3. The van der Waals surface area contributed by atoms with Gasteiger partial charge in [-0.2, -0.15) is 0 Å². The van der Waals surface area contributed by atoms with Crippen LogP contribution in [-0.4, -0.2) is 61.3 Å². The summed E-state index contributed by atoms with van der Waals surface area (Å²) in [6.45, 7) is 7.28. The Balaban J connectivity index is 1.71. The van der Waals surface area contributed by atoms with Crippen molar-refractivity contribution in [3.05, 3.63) is 26.7 Å². The lowest BCUT2D eigenvalue weighted by Gasteiger charge is -2.47. The Bertz CT molecular complexity index is 727. The fraction of sp³-hybridized carbons (Fsp3) is 0.727. The summed E-state index contributed by atoms with van der Waals surface area (Å²) >= 11 is 3.59. The molecule has 1 spiro atoms. The summed E-state index contributed by atoms with van der Waals surface area (Å²) in [5, 5.41) is 23.9. The molecule has 0 unspecified atom stereocenters. The van der Waals surface area contributed by atoms with Crippen molar-refractivity contribution in [3.63, 3.8) is 0 Å². The number of hydrogen-bond acceptors (Lipinski definition) is 6. The third kappa shape index (κ3) is 5.65. The Morgan fingerprint density at radius 2 is 1.87 bits per heavy atom. The zero-order valence-electron chi connectivity index (χ0n) is 18.2. The molecule has 0 aliphatic carbocycles. The molecule has 2 aliphatic heterocycles. The molecule has 0 saturated carbocycles. The molecule has 2 heterocycles. The molecule has 0 radical (unpaired) electrons. The smallest absolute Gasteiger partial charge is 0.293 e. The van der Waals surface area contributed by atoms with Gasteiger partial charge in [0.1, 0.15) is 5.69 Å². The summed E-state index contributed by atoms with van der Waals surface area (Å²) in [6, 6.07) is 3.57. The number of nitro groups is 1. The van der Waals surface area contributed by atoms with Crippen molar-refractivity contribution in [1.29, 1.82) is 0 Å². The Morgan fingerprint density at radius 1 is 1.23 bits per heavy atom. The highest BCUT2D eigenvalue weighted by atomic mass is 79.9. The van der Waals surface area contributed by atoms with Gasteiger partial charge in [-0.25, -0.2) is 0 Å². The molecule has 8 heteroatoms. The number of anilines is 2. The molecule has 3 rings (SSSR count). The minimum atomic E-state index is -0.320. The number of nitrogens with zero attached hydrogens (tertiary/aromatic N) is 3. The molecule has 1 aromatic rings. The Hall–Kier alpha value is -1.38. The summed E-state index contributed by atoms with van der Waals surface area (Å²) in [7, 11) is 2.20. The van der Waals surface area contributed by atoms with Gasteiger partial charge in [-0.3, -0.25) is 10.1 Å². The summed E-state index contributed by atoms with van der Waals surface area (Å²) in [6.07, 6.45) is 6.57. The number of aliphatic hydroxyl groups is 1. The van der Waals surface area contributed by atoms with E-state index < -0.39 is 0 Å². The first-order valence-electron chi connectivity index (χ1n) is 11.1. The monoisotopic (exact) mass is 482 g/mol. The van der Waals surface area contributed by atoms with Crippen molar-refractivity contribution in [3.8, 4) is 0 Å². The summed E-state index contributed by atoms with van der Waals surface area (Å²) in [5.41, 5.74) is 2.19. The third-order valence-electron chi connectivity index (χ3n) is 6.97. The molecule has 2 N–H and O–H groups in total. The van der Waals surface area contributed by atoms with Crippen molar-refractivity contribution in [2.45, 2.75) is 45.4 Å². The number of piperidine rings is 2. The Kier molecular flexibility index (Phi) is 7.98. The maximum atomic E-state index is 11.6. The maximum Gasteiger partial charge on any atom is 0.293 e. The molecule has 2 fully saturated rings. The van der Waals surface area contributed by atoms with Gasteiger partial charge in [-0.1, -0.05) is 6.92 Å². The summed E-state index contributed by atoms with van der Waals surface area (Å²) in [4.78, 5) is 16.1. The summed E-state index contributed by atoms with van der Waals surface area (Å²) < 4.78 is 0.785. The molecule has 30 heavy (non-hydrogen) atoms. The molecular weight excluding hydrogens is 448 g/mol. The number of nitro benzene ring substituents is 1. The lowest BCUT2D eigenvalue weighted by atomic mass is 9.71. The van der Waals surface area contributed by atoms with Gasteiger partial charge in [-0.15, -0.1) is 0 Å². The van der Waals surface area contributed by atoms with Crippen LogP contribution in [-0.2, 0) is 0 Å². The van der Waals surface area contributed by atoms with Crippen LogP contribution in [0.25, 0.3) is 0 Å². The van der Waals surface area contributed by atoms with Crippen LogP contribution in [0.4, 0.5) is 17.1 Å². The minimum absolute atomic E-state index is 0.101. The molecule has 0 bridgehead atoms. The van der Waals surface area contributed by atoms with Crippen LogP contribution < -0.4 is 10.2 Å². The van der Waals surface area contributed by atoms with Gasteiger partial charge in [-0.05, 0) is 92.0 Å². The van der Waals surface area contributed by atoms with Crippen LogP contribution in [0.5, 0.6) is 0 Å². The molecule has 0 amide bonds. The van der Waals surface area contributed by atoms with Crippen molar-refractivity contribution in [2.75, 3.05) is 56.6 Å². The Labute approximate surface area is 188 Å². The van der Waals surface area contributed by atoms with Gasteiger partial charge < -0.3 is 20.2 Å². The van der Waals surface area contributed by atoms with Gasteiger partial charge in [0.05, 0.1) is 10.6 Å². The number of benzene rings is 1. The first kappa shape index (κ1) is 23.3. The van der Waals surface area contributed by atoms with Gasteiger partial charge >= 0.3 is 0 Å². The maximum absolute atomic E-state index is 11.6. The minimum Gasteiger partial charge on any atom is -0.396 e. The van der Waals surface area contributed by atoms with E-state index in [1.807, 2.05) is 6.07 Å². The lowest BCUT2D eigenvalue weighted by Crippen LogP contribution is -2.46. The highest BCUT2D eigenvalue weighted by Crippen LogP contribution is 2.44. The van der Waals surface area contributed by atoms with Crippen LogP contribution in [0.2, 0.25) is 0 Å². The molecule has 7 nitrogen and oxygen atoms in total. The number of nitrogens with one attached hydrogen (secondary N) is 1. The average Bonchev–Trinajstić information content (AvgIpc) is 2.74. The lowest BCUT2D eigenvalue weighted by molar-refractivity contribution is -0.384. The topological polar surface area (TPSA) is 81.9 Å². The van der Waals surface area contributed by atoms with E-state index in [1.54, 1.807) is 6.07 Å². The van der Waals surface area contributed by atoms with E-state index in [9.17, 15) is 10.1 Å². The third-order valence-corrected chi connectivity index (χ3v) is 7.61. The average molecular weight is 483 g/mol. The highest BCUT2D eigenvalue weighted by Gasteiger charge is 2.37. The van der Waals surface area contributed by atoms with Crippen LogP contribution in [0.3, 0.4) is 0 Å². The van der Waals surface area contributed by atoms with Crippen molar-refractivity contribution in [1.82, 2.24) is 4.90 Å². The van der Waals surface area contributed by atoms with Crippen LogP contribution in [0.1, 0.15) is 45.4 Å². The number of hydrogen-bond donors (Lipinski definition) is 2. The predicted octanol–water partition coefficient (Wildman–Crippen LogP) is 4.49. The standard InChI is InChI=1S/C22H35BrN4O3/c1-17(4-3-13-28)16-24-19-15-20(18(23)14-21(19)27(29)30)26-11-7-22(8-12-26)5-9-25(2)10-6-22/h14-15,17,24,28H,3-13,16H2,1-2H3/t17-/m1/s1. The van der Waals surface area contributed by atoms with E-state index in [0.29, 0.717) is 23.6 Å². The van der Waals surface area contributed by atoms with Crippen molar-refractivity contribution < 1.29 is 10.0 Å². The number of rotatable bonds is 8. The Morgan fingerprint density at radius 3 is 2.47 bits per heavy atom. The van der Waals surface area contributed by atoms with Gasteiger partial charge in [0, 0.05) is 36.8 Å². The fourth-order valence-electron chi connectivity index (χ4n) is 4.73. The van der Waals surface area contributed by atoms with E-state index in [0.717, 1.165) is 36.1 Å².